The predicted molar refractivity (Wildman–Crippen MR) is 62.2 cm³/mol. The zero-order chi connectivity index (χ0) is 11.8. The van der Waals surface area contributed by atoms with E-state index in [0.29, 0.717) is 13.0 Å². The molecular weight excluding hydrogens is 204 g/mol. The highest BCUT2D eigenvalue weighted by Crippen LogP contribution is 2.07. The van der Waals surface area contributed by atoms with Crippen LogP contribution in [0.1, 0.15) is 24.5 Å². The minimum atomic E-state index is -0.189. The molecule has 0 aliphatic rings. The topological polar surface area (TPSA) is 46.5 Å². The summed E-state index contributed by atoms with van der Waals surface area (Å²) in [5.74, 6) is -0.189. The molecule has 0 atom stereocenters. The fraction of sp³-hybridized carbons (Fsp3) is 0.462. The number of aliphatic hydroxyl groups is 1. The van der Waals surface area contributed by atoms with Gasteiger partial charge in [-0.05, 0) is 30.9 Å². The second-order valence-corrected chi connectivity index (χ2v) is 3.63. The van der Waals surface area contributed by atoms with Crippen molar-refractivity contribution in [3.05, 3.63) is 35.4 Å². The third kappa shape index (κ3) is 4.45. The lowest BCUT2D eigenvalue weighted by molar-refractivity contribution is -0.142. The van der Waals surface area contributed by atoms with E-state index in [1.165, 1.54) is 5.56 Å². The van der Waals surface area contributed by atoms with Crippen LogP contribution in [-0.4, -0.2) is 24.3 Å². The average Bonchev–Trinajstić information content (AvgIpc) is 2.28. The van der Waals surface area contributed by atoms with E-state index in [1.54, 1.807) is 6.92 Å². The van der Waals surface area contributed by atoms with Gasteiger partial charge in [-0.3, -0.25) is 4.79 Å². The van der Waals surface area contributed by atoms with Crippen LogP contribution in [0.3, 0.4) is 0 Å². The van der Waals surface area contributed by atoms with Crippen LogP contribution in [0, 0.1) is 0 Å². The third-order valence-electron chi connectivity index (χ3n) is 2.30. The molecule has 0 aromatic heterocycles. The number of aliphatic hydroxyl groups excluding tert-OH is 1. The van der Waals surface area contributed by atoms with Crippen LogP contribution in [-0.2, 0) is 22.4 Å². The molecule has 0 spiro atoms. The van der Waals surface area contributed by atoms with Crippen molar-refractivity contribution < 1.29 is 14.6 Å². The maximum Gasteiger partial charge on any atom is 0.310 e. The van der Waals surface area contributed by atoms with Crippen LogP contribution in [0.2, 0.25) is 0 Å². The predicted octanol–water partition coefficient (Wildman–Crippen LogP) is 1.72. The molecule has 0 radical (unpaired) electrons. The molecule has 0 saturated carbocycles. The minimum Gasteiger partial charge on any atom is -0.466 e. The summed E-state index contributed by atoms with van der Waals surface area (Å²) < 4.78 is 4.87. The summed E-state index contributed by atoms with van der Waals surface area (Å²) in [6, 6.07) is 7.85. The van der Waals surface area contributed by atoms with Gasteiger partial charge in [0, 0.05) is 6.61 Å². The molecule has 0 amide bonds. The highest BCUT2D eigenvalue weighted by molar-refractivity contribution is 5.72. The Morgan fingerprint density at radius 2 is 1.88 bits per heavy atom. The molecular formula is C13H18O3. The molecule has 16 heavy (non-hydrogen) atoms. The monoisotopic (exact) mass is 222 g/mol. The quantitative estimate of drug-likeness (QED) is 0.745. The second kappa shape index (κ2) is 7.01. The molecule has 0 heterocycles. The normalized spacial score (nSPS) is 10.1. The molecule has 0 bridgehead atoms. The standard InChI is InChI=1S/C13H18O3/c1-2-16-13(15)10-12-7-5-11(6-8-12)4-3-9-14/h5-8,14H,2-4,9-10H2,1H3. The number of esters is 1. The molecule has 1 rings (SSSR count). The van der Waals surface area contributed by atoms with Crippen LogP contribution < -0.4 is 0 Å². The Morgan fingerprint density at radius 3 is 2.44 bits per heavy atom. The average molecular weight is 222 g/mol. The van der Waals surface area contributed by atoms with Crippen molar-refractivity contribution in [3.63, 3.8) is 0 Å². The van der Waals surface area contributed by atoms with Gasteiger partial charge in [-0.15, -0.1) is 0 Å². The largest absolute Gasteiger partial charge is 0.466 e. The summed E-state index contributed by atoms with van der Waals surface area (Å²) in [5.41, 5.74) is 2.15. The number of rotatable bonds is 6. The van der Waals surface area contributed by atoms with Gasteiger partial charge in [0.05, 0.1) is 13.0 Å². The smallest absolute Gasteiger partial charge is 0.310 e. The lowest BCUT2D eigenvalue weighted by Gasteiger charge is -2.03. The Hall–Kier alpha value is -1.35. The first-order valence-electron chi connectivity index (χ1n) is 5.60. The van der Waals surface area contributed by atoms with Crippen LogP contribution in [0.25, 0.3) is 0 Å². The van der Waals surface area contributed by atoms with Gasteiger partial charge in [0.1, 0.15) is 0 Å². The van der Waals surface area contributed by atoms with Crippen molar-refractivity contribution in [2.45, 2.75) is 26.2 Å². The van der Waals surface area contributed by atoms with E-state index in [4.69, 9.17) is 9.84 Å². The van der Waals surface area contributed by atoms with Crippen molar-refractivity contribution in [1.29, 1.82) is 0 Å². The van der Waals surface area contributed by atoms with Gasteiger partial charge in [-0.25, -0.2) is 0 Å². The van der Waals surface area contributed by atoms with Crippen LogP contribution in [0.15, 0.2) is 24.3 Å². The molecule has 0 aliphatic heterocycles. The summed E-state index contributed by atoms with van der Waals surface area (Å²) in [5, 5.41) is 8.70. The van der Waals surface area contributed by atoms with Crippen molar-refractivity contribution in [1.82, 2.24) is 0 Å². The van der Waals surface area contributed by atoms with Crippen molar-refractivity contribution in [3.8, 4) is 0 Å². The van der Waals surface area contributed by atoms with Crippen LogP contribution in [0.5, 0.6) is 0 Å². The van der Waals surface area contributed by atoms with Crippen molar-refractivity contribution in [2.75, 3.05) is 13.2 Å². The number of hydrogen-bond acceptors (Lipinski definition) is 3. The van der Waals surface area contributed by atoms with Gasteiger partial charge in [0.15, 0.2) is 0 Å². The molecule has 0 fully saturated rings. The zero-order valence-electron chi connectivity index (χ0n) is 9.61. The van der Waals surface area contributed by atoms with Crippen molar-refractivity contribution >= 4 is 5.97 Å². The number of ether oxygens (including phenoxy) is 1. The van der Waals surface area contributed by atoms with Gasteiger partial charge >= 0.3 is 5.97 Å². The Labute approximate surface area is 96.1 Å². The molecule has 88 valence electrons. The lowest BCUT2D eigenvalue weighted by atomic mass is 10.1. The molecule has 3 heteroatoms. The zero-order valence-corrected chi connectivity index (χ0v) is 9.61. The summed E-state index contributed by atoms with van der Waals surface area (Å²) >= 11 is 0. The first-order chi connectivity index (χ1) is 7.76. The molecule has 3 nitrogen and oxygen atoms in total. The Balaban J connectivity index is 2.47. The van der Waals surface area contributed by atoms with Gasteiger partial charge in [-0.1, -0.05) is 24.3 Å². The fourth-order valence-electron chi connectivity index (χ4n) is 1.49. The van der Waals surface area contributed by atoms with E-state index >= 15 is 0 Å². The number of carbonyl (C=O) groups is 1. The first kappa shape index (κ1) is 12.7. The molecule has 1 aromatic rings. The van der Waals surface area contributed by atoms with Crippen LogP contribution in [0.4, 0.5) is 0 Å². The Bertz CT molecular complexity index is 316. The lowest BCUT2D eigenvalue weighted by Crippen LogP contribution is -2.07. The first-order valence-corrected chi connectivity index (χ1v) is 5.60. The van der Waals surface area contributed by atoms with E-state index < -0.39 is 0 Å². The Kier molecular flexibility index (Phi) is 5.57. The number of benzene rings is 1. The second-order valence-electron chi connectivity index (χ2n) is 3.63. The minimum absolute atomic E-state index is 0.189. The SMILES string of the molecule is CCOC(=O)Cc1ccc(CCCO)cc1. The van der Waals surface area contributed by atoms with E-state index in [1.807, 2.05) is 24.3 Å². The van der Waals surface area contributed by atoms with Gasteiger partial charge in [0.2, 0.25) is 0 Å². The van der Waals surface area contributed by atoms with E-state index in [2.05, 4.69) is 0 Å². The van der Waals surface area contributed by atoms with E-state index in [0.717, 1.165) is 18.4 Å². The molecule has 0 unspecified atom stereocenters. The molecule has 1 N–H and O–H groups in total. The highest BCUT2D eigenvalue weighted by atomic mass is 16.5. The Morgan fingerprint density at radius 1 is 1.25 bits per heavy atom. The maximum atomic E-state index is 11.2. The molecule has 1 aromatic carbocycles. The summed E-state index contributed by atoms with van der Waals surface area (Å²) in [6.07, 6.45) is 1.97. The highest BCUT2D eigenvalue weighted by Gasteiger charge is 2.03. The van der Waals surface area contributed by atoms with Gasteiger partial charge < -0.3 is 9.84 Å². The molecule has 0 aliphatic carbocycles. The summed E-state index contributed by atoms with van der Waals surface area (Å²) in [6.45, 7) is 2.44. The number of aryl methyl sites for hydroxylation is 1. The summed E-state index contributed by atoms with van der Waals surface area (Å²) in [4.78, 5) is 11.2. The number of carbonyl (C=O) groups excluding carboxylic acids is 1. The number of hydrogen-bond donors (Lipinski definition) is 1. The maximum absolute atomic E-state index is 11.2. The van der Waals surface area contributed by atoms with E-state index in [-0.39, 0.29) is 12.6 Å². The van der Waals surface area contributed by atoms with Crippen LogP contribution >= 0.6 is 0 Å². The molecule has 0 saturated heterocycles. The van der Waals surface area contributed by atoms with Crippen molar-refractivity contribution in [2.24, 2.45) is 0 Å². The third-order valence-corrected chi connectivity index (χ3v) is 2.30. The van der Waals surface area contributed by atoms with Gasteiger partial charge in [0.25, 0.3) is 0 Å². The van der Waals surface area contributed by atoms with E-state index in [9.17, 15) is 4.79 Å². The summed E-state index contributed by atoms with van der Waals surface area (Å²) in [7, 11) is 0. The van der Waals surface area contributed by atoms with Gasteiger partial charge in [-0.2, -0.15) is 0 Å². The fourth-order valence-corrected chi connectivity index (χ4v) is 1.49.